The van der Waals surface area contributed by atoms with E-state index in [1.165, 1.54) is 22.6 Å². The van der Waals surface area contributed by atoms with Crippen molar-refractivity contribution in [3.63, 3.8) is 0 Å². The van der Waals surface area contributed by atoms with Crippen LogP contribution in [0.25, 0.3) is 16.7 Å². The first-order valence-corrected chi connectivity index (χ1v) is 19.6. The highest BCUT2D eigenvalue weighted by Crippen LogP contribution is 2.40. The number of fused-ring (bicyclic) bond motifs is 1. The summed E-state index contributed by atoms with van der Waals surface area (Å²) in [5, 5.41) is 15.1. The van der Waals surface area contributed by atoms with Crippen molar-refractivity contribution in [1.82, 2.24) is 39.6 Å². The molecule has 2 atom stereocenters. The number of carbonyl (C=O) groups is 1. The van der Waals surface area contributed by atoms with Crippen LogP contribution in [0.15, 0.2) is 84.0 Å². The van der Waals surface area contributed by atoms with Crippen molar-refractivity contribution in [3.8, 4) is 5.69 Å². The topological polar surface area (TPSA) is 140 Å². The van der Waals surface area contributed by atoms with Crippen molar-refractivity contribution >= 4 is 32.7 Å². The Balaban J connectivity index is 1.13. The third-order valence-corrected chi connectivity index (χ3v) is 11.5. The van der Waals surface area contributed by atoms with Gasteiger partial charge in [-0.15, -0.1) is 5.10 Å². The zero-order chi connectivity index (χ0) is 35.4. The summed E-state index contributed by atoms with van der Waals surface area (Å²) in [4.78, 5) is 23.6. The molecule has 1 amide bonds. The zero-order valence-electron chi connectivity index (χ0n) is 29.2. The molecule has 2 aliphatic heterocycles. The second-order valence-electron chi connectivity index (χ2n) is 13.5. The summed E-state index contributed by atoms with van der Waals surface area (Å²) in [7, 11) is -3.69. The van der Waals surface area contributed by atoms with Gasteiger partial charge >= 0.3 is 0 Å². The molecule has 3 aromatic carbocycles. The van der Waals surface area contributed by atoms with Gasteiger partial charge in [0.05, 0.1) is 40.0 Å². The number of para-hydroxylation sites is 2. The van der Waals surface area contributed by atoms with E-state index in [4.69, 9.17) is 9.72 Å². The number of hydrogen-bond donors (Lipinski definition) is 1. The van der Waals surface area contributed by atoms with Gasteiger partial charge in [-0.1, -0.05) is 42.5 Å². The van der Waals surface area contributed by atoms with Gasteiger partial charge in [-0.05, 0) is 85.3 Å². The summed E-state index contributed by atoms with van der Waals surface area (Å²) >= 11 is 0. The number of hydrogen-bond acceptors (Lipinski definition) is 10. The third kappa shape index (κ3) is 7.39. The predicted molar refractivity (Wildman–Crippen MR) is 195 cm³/mol. The highest BCUT2D eigenvalue weighted by atomic mass is 32.2. The minimum atomic E-state index is -3.69. The molecular formula is C37H45N9O4S. The molecule has 7 rings (SSSR count). The number of nitrogens with one attached hydrogen (secondary N) is 1. The maximum Gasteiger partial charge on any atom is 0.255 e. The molecule has 0 aliphatic carbocycles. The van der Waals surface area contributed by atoms with E-state index in [2.05, 4.69) is 60.6 Å². The van der Waals surface area contributed by atoms with Crippen LogP contribution in [0, 0.1) is 0 Å². The molecule has 5 aromatic rings. The molecule has 2 unspecified atom stereocenters. The number of piperidine rings is 1. The third-order valence-electron chi connectivity index (χ3n) is 10.3. The average molecular weight is 712 g/mol. The number of rotatable bonds is 13. The molecule has 0 saturated carbocycles. The van der Waals surface area contributed by atoms with Gasteiger partial charge in [-0.25, -0.2) is 18.1 Å². The van der Waals surface area contributed by atoms with Crippen molar-refractivity contribution in [1.29, 1.82) is 0 Å². The van der Waals surface area contributed by atoms with E-state index in [0.717, 1.165) is 68.4 Å². The maximum atomic E-state index is 14.3. The van der Waals surface area contributed by atoms with E-state index in [1.807, 2.05) is 36.1 Å². The minimum Gasteiger partial charge on any atom is -0.380 e. The molecule has 2 aromatic heterocycles. The minimum absolute atomic E-state index is 0.00366. The Kier molecular flexibility index (Phi) is 10.2. The number of carbonyl (C=O) groups excluding carboxylic acids is 1. The molecule has 2 saturated heterocycles. The standard InChI is InChI=1S/C37H45N9O4S/c1-3-50-24-23-45-32-14-8-7-13-31(32)39-36(45)40-34-15-9-10-20-43(34)21-18-37(28-11-5-4-6-12-28)19-22-44(26-37)35(47)30-25-29(46-27-38-41-42-46)16-17-33(30)51(2,48)49/h4-8,11-14,16-17,25,27,34H,3,9-10,15,18-24,26H2,1-2H3,(H,39,40). The van der Waals surface area contributed by atoms with Gasteiger partial charge in [-0.3, -0.25) is 9.69 Å². The summed E-state index contributed by atoms with van der Waals surface area (Å²) < 4.78 is 35.1. The Morgan fingerprint density at radius 3 is 2.63 bits per heavy atom. The molecule has 2 fully saturated rings. The molecular weight excluding hydrogens is 667 g/mol. The number of amides is 1. The van der Waals surface area contributed by atoms with Gasteiger partial charge in [0.1, 0.15) is 6.33 Å². The Hall–Kier alpha value is -4.66. The summed E-state index contributed by atoms with van der Waals surface area (Å²) in [6.07, 6.45) is 7.51. The summed E-state index contributed by atoms with van der Waals surface area (Å²) in [5.74, 6) is 0.542. The van der Waals surface area contributed by atoms with Gasteiger partial charge in [0.2, 0.25) is 5.95 Å². The summed E-state index contributed by atoms with van der Waals surface area (Å²) in [6, 6.07) is 23.3. The van der Waals surface area contributed by atoms with Crippen LogP contribution in [0.1, 0.15) is 54.9 Å². The van der Waals surface area contributed by atoms with E-state index in [-0.39, 0.29) is 27.9 Å². The van der Waals surface area contributed by atoms with Crippen molar-refractivity contribution < 1.29 is 17.9 Å². The molecule has 1 N–H and O–H groups in total. The van der Waals surface area contributed by atoms with Gasteiger partial charge < -0.3 is 19.5 Å². The first kappa shape index (κ1) is 34.8. The van der Waals surface area contributed by atoms with Crippen LogP contribution in [-0.2, 0) is 26.5 Å². The Morgan fingerprint density at radius 1 is 1.02 bits per heavy atom. The van der Waals surface area contributed by atoms with Crippen LogP contribution in [0.5, 0.6) is 0 Å². The Bertz CT molecular complexity index is 2070. The maximum absolute atomic E-state index is 14.3. The lowest BCUT2D eigenvalue weighted by Crippen LogP contribution is -2.47. The molecule has 4 heterocycles. The van der Waals surface area contributed by atoms with E-state index in [1.54, 1.807) is 12.1 Å². The summed E-state index contributed by atoms with van der Waals surface area (Å²) in [6.45, 7) is 6.79. The largest absolute Gasteiger partial charge is 0.380 e. The lowest BCUT2D eigenvalue weighted by molar-refractivity contribution is 0.0774. The van der Waals surface area contributed by atoms with E-state index in [0.29, 0.717) is 38.5 Å². The lowest BCUT2D eigenvalue weighted by Gasteiger charge is -2.39. The van der Waals surface area contributed by atoms with Crippen LogP contribution in [0.3, 0.4) is 0 Å². The second kappa shape index (κ2) is 14.9. The van der Waals surface area contributed by atoms with Gasteiger partial charge in [0.25, 0.3) is 5.91 Å². The molecule has 0 radical (unpaired) electrons. The van der Waals surface area contributed by atoms with Crippen LogP contribution in [0.4, 0.5) is 5.95 Å². The highest BCUT2D eigenvalue weighted by Gasteiger charge is 2.42. The number of likely N-dealkylation sites (tertiary alicyclic amines) is 2. The molecule has 0 spiro atoms. The van der Waals surface area contributed by atoms with Crippen LogP contribution >= 0.6 is 0 Å². The van der Waals surface area contributed by atoms with Crippen LogP contribution < -0.4 is 5.32 Å². The van der Waals surface area contributed by atoms with E-state index in [9.17, 15) is 13.2 Å². The van der Waals surface area contributed by atoms with E-state index >= 15 is 0 Å². The van der Waals surface area contributed by atoms with Gasteiger partial charge in [0, 0.05) is 51.0 Å². The second-order valence-corrected chi connectivity index (χ2v) is 15.5. The van der Waals surface area contributed by atoms with Gasteiger partial charge in [-0.2, -0.15) is 0 Å². The molecule has 13 nitrogen and oxygen atoms in total. The number of ether oxygens (including phenoxy) is 1. The molecule has 2 aliphatic rings. The zero-order valence-corrected chi connectivity index (χ0v) is 30.0. The Labute approximate surface area is 298 Å². The van der Waals surface area contributed by atoms with Crippen molar-refractivity contribution in [2.75, 3.05) is 51.0 Å². The molecule has 0 bridgehead atoms. The van der Waals surface area contributed by atoms with E-state index < -0.39 is 9.84 Å². The highest BCUT2D eigenvalue weighted by molar-refractivity contribution is 7.90. The number of benzene rings is 3. The van der Waals surface area contributed by atoms with Gasteiger partial charge in [0.15, 0.2) is 9.84 Å². The quantitative estimate of drug-likeness (QED) is 0.173. The van der Waals surface area contributed by atoms with Crippen molar-refractivity contribution in [3.05, 3.63) is 90.3 Å². The van der Waals surface area contributed by atoms with Crippen LogP contribution in [0.2, 0.25) is 0 Å². The first-order valence-electron chi connectivity index (χ1n) is 17.7. The predicted octanol–water partition coefficient (Wildman–Crippen LogP) is 4.55. The van der Waals surface area contributed by atoms with Crippen molar-refractivity contribution in [2.24, 2.45) is 0 Å². The smallest absolute Gasteiger partial charge is 0.255 e. The Morgan fingerprint density at radius 2 is 1.84 bits per heavy atom. The number of anilines is 1. The normalized spacial score (nSPS) is 19.9. The van der Waals surface area contributed by atoms with Crippen LogP contribution in [-0.4, -0.2) is 106 Å². The summed E-state index contributed by atoms with van der Waals surface area (Å²) in [5.41, 5.74) is 3.57. The number of tetrazole rings is 1. The fraction of sp³-hybridized carbons (Fsp3) is 0.432. The number of sulfone groups is 1. The number of imidazole rings is 1. The molecule has 51 heavy (non-hydrogen) atoms. The molecule has 268 valence electrons. The first-order chi connectivity index (χ1) is 24.8. The van der Waals surface area contributed by atoms with Crippen molar-refractivity contribution in [2.45, 2.75) is 62.0 Å². The number of nitrogens with zero attached hydrogens (tertiary/aromatic N) is 8. The SMILES string of the molecule is CCOCCn1c(NC2CCCCN2CCC2(c3ccccc3)CCN(C(=O)c3cc(-n4cnnn4)ccc3S(C)(=O)=O)C2)nc2ccccc21. The number of aromatic nitrogens is 6. The molecule has 14 heteroatoms. The average Bonchev–Trinajstić information content (AvgIpc) is 3.91. The fourth-order valence-electron chi connectivity index (χ4n) is 7.66. The monoisotopic (exact) mass is 711 g/mol. The lowest BCUT2D eigenvalue weighted by atomic mass is 9.76. The fourth-order valence-corrected chi connectivity index (χ4v) is 8.52.